The van der Waals surface area contributed by atoms with E-state index in [0.717, 1.165) is 5.56 Å². The van der Waals surface area contributed by atoms with Crippen LogP contribution in [0.25, 0.3) is 11.2 Å². The molecule has 5 atom stereocenters. The second-order valence-electron chi connectivity index (χ2n) is 10.6. The molecule has 13 nitrogen and oxygen atoms in total. The van der Waals surface area contributed by atoms with Crippen molar-refractivity contribution in [3.63, 3.8) is 0 Å². The topological polar surface area (TPSA) is 173 Å². The number of nitrogens with two attached hydrogens (primary N) is 1. The number of benzene rings is 2. The molecule has 0 unspecified atom stereocenters. The Morgan fingerprint density at radius 1 is 1.24 bits per heavy atom. The van der Waals surface area contributed by atoms with E-state index in [1.807, 2.05) is 18.2 Å². The van der Waals surface area contributed by atoms with Crippen LogP contribution in [0.3, 0.4) is 0 Å². The minimum Gasteiger partial charge on any atom is -0.462 e. The number of ether oxygens (including phenoxy) is 2. The Bertz CT molecular complexity index is 1740. The number of carbonyl (C=O) groups is 1. The molecule has 236 valence electrons. The molecule has 4 aromatic rings. The zero-order valence-corrected chi connectivity index (χ0v) is 25.3. The van der Waals surface area contributed by atoms with Crippen molar-refractivity contribution >= 4 is 30.7 Å². The number of aliphatic hydroxyl groups is 1. The summed E-state index contributed by atoms with van der Waals surface area (Å²) in [5, 5.41) is 13.8. The third kappa shape index (κ3) is 7.30. The van der Waals surface area contributed by atoms with E-state index in [1.54, 1.807) is 56.3 Å². The number of esters is 1. The number of aromatic nitrogens is 4. The number of imidazole rings is 1. The first-order valence-electron chi connectivity index (χ1n) is 14.0. The molecule has 1 aliphatic rings. The molecule has 5 rings (SSSR count). The predicted molar refractivity (Wildman–Crippen MR) is 161 cm³/mol. The van der Waals surface area contributed by atoms with Crippen LogP contribution in [0.4, 0.5) is 10.2 Å². The summed E-state index contributed by atoms with van der Waals surface area (Å²) >= 11 is 0. The number of nitrogens with zero attached hydrogens (tertiary/aromatic N) is 4. The quantitative estimate of drug-likeness (QED) is 0.0893. The van der Waals surface area contributed by atoms with E-state index in [2.05, 4.69) is 26.0 Å². The Morgan fingerprint density at radius 2 is 1.93 bits per heavy atom. The van der Waals surface area contributed by atoms with Gasteiger partial charge in [0.1, 0.15) is 30.7 Å². The number of anilines is 1. The number of halogens is 1. The third-order valence-electron chi connectivity index (χ3n) is 6.94. The van der Waals surface area contributed by atoms with E-state index in [1.165, 1.54) is 10.9 Å². The van der Waals surface area contributed by atoms with Crippen LogP contribution in [0.15, 0.2) is 67.0 Å². The van der Waals surface area contributed by atoms with Crippen molar-refractivity contribution in [3.05, 3.63) is 78.6 Å². The van der Waals surface area contributed by atoms with Crippen molar-refractivity contribution in [2.45, 2.75) is 56.8 Å². The third-order valence-corrected chi connectivity index (χ3v) is 8.48. The maximum atomic E-state index is 14.4. The molecule has 45 heavy (non-hydrogen) atoms. The van der Waals surface area contributed by atoms with Crippen LogP contribution >= 0.6 is 7.75 Å². The van der Waals surface area contributed by atoms with Gasteiger partial charge in [-0.1, -0.05) is 54.5 Å². The molecule has 4 N–H and O–H groups in total. The molecule has 0 aliphatic carbocycles. The molecule has 0 saturated carbocycles. The maximum Gasteiger partial charge on any atom is 0.459 e. The minimum absolute atomic E-state index is 0.0260. The number of nitrogen functional groups attached to an aromatic ring is 1. The lowest BCUT2D eigenvalue weighted by molar-refractivity contribution is -0.149. The van der Waals surface area contributed by atoms with E-state index >= 15 is 0 Å². The zero-order chi connectivity index (χ0) is 32.2. The minimum atomic E-state index is -4.44. The number of fused-ring (bicyclic) bond motifs is 1. The highest BCUT2D eigenvalue weighted by Gasteiger charge is 2.50. The summed E-state index contributed by atoms with van der Waals surface area (Å²) in [6.07, 6.45) is 3.32. The van der Waals surface area contributed by atoms with Gasteiger partial charge in [-0.2, -0.15) is 19.4 Å². The van der Waals surface area contributed by atoms with Crippen molar-refractivity contribution in [3.8, 4) is 18.1 Å². The lowest BCUT2D eigenvalue weighted by Crippen LogP contribution is -2.44. The van der Waals surface area contributed by atoms with Crippen LogP contribution in [0.5, 0.6) is 5.75 Å². The number of carbonyl (C=O) groups excluding carboxylic acids is 1. The molecular weight excluding hydrogens is 606 g/mol. The van der Waals surface area contributed by atoms with Gasteiger partial charge in [0, 0.05) is 6.42 Å². The van der Waals surface area contributed by atoms with Crippen molar-refractivity contribution in [2.24, 2.45) is 0 Å². The van der Waals surface area contributed by atoms with Gasteiger partial charge in [0.25, 0.3) is 0 Å². The standard InChI is InChI=1S/C30H32FN6O7P/c1-4-30(23(38)16-24(43-30)37-18-33-25-26(32)34-29(31)35-27(25)37)17-41-45(40,44-21-13-9-6-10-14-21)36-22(28(39)42-19(2)3)15-20-11-7-5-8-12-20/h1,5-14,18-19,22-24,38H,15-17H2,2-3H3,(H,36,40)(H2,32,34,35)/t22-,23-,24+,30+,45+/m0/s1. The summed E-state index contributed by atoms with van der Waals surface area (Å²) in [5.41, 5.74) is 4.85. The molecule has 1 aliphatic heterocycles. The lowest BCUT2D eigenvalue weighted by Gasteiger charge is -2.30. The molecule has 0 spiro atoms. The summed E-state index contributed by atoms with van der Waals surface area (Å²) < 4.78 is 52.9. The van der Waals surface area contributed by atoms with Crippen molar-refractivity contribution in [1.82, 2.24) is 24.6 Å². The molecule has 0 bridgehead atoms. The largest absolute Gasteiger partial charge is 0.462 e. The second-order valence-corrected chi connectivity index (χ2v) is 12.3. The van der Waals surface area contributed by atoms with Gasteiger partial charge in [0.05, 0.1) is 12.4 Å². The summed E-state index contributed by atoms with van der Waals surface area (Å²) in [6.45, 7) is 2.75. The van der Waals surface area contributed by atoms with E-state index in [0.29, 0.717) is 0 Å². The molecule has 1 fully saturated rings. The van der Waals surface area contributed by atoms with Crippen molar-refractivity contribution < 1.29 is 37.4 Å². The Balaban J connectivity index is 1.42. The highest BCUT2D eigenvalue weighted by molar-refractivity contribution is 7.52. The van der Waals surface area contributed by atoms with Crippen molar-refractivity contribution in [2.75, 3.05) is 12.3 Å². The highest BCUT2D eigenvalue weighted by atomic mass is 31.2. The SMILES string of the molecule is C#C[C@]1(CO[P@](=O)(N[C@@H](Cc2ccccc2)C(=O)OC(C)C)Oc2ccccc2)O[C@@H](n2cnc3c(N)nc(F)nc32)C[C@@H]1O. The molecule has 2 aromatic heterocycles. The van der Waals surface area contributed by atoms with Gasteiger partial charge < -0.3 is 24.8 Å². The Labute approximate surface area is 258 Å². The van der Waals surface area contributed by atoms with Gasteiger partial charge in [-0.15, -0.1) is 6.42 Å². The van der Waals surface area contributed by atoms with Gasteiger partial charge >= 0.3 is 19.8 Å². The number of hydrogen-bond donors (Lipinski definition) is 3. The summed E-state index contributed by atoms with van der Waals surface area (Å²) in [7, 11) is -4.44. The second kappa shape index (κ2) is 13.3. The predicted octanol–water partition coefficient (Wildman–Crippen LogP) is 3.56. The fraction of sp³-hybridized carbons (Fsp3) is 0.333. The van der Waals surface area contributed by atoms with Crippen LogP contribution < -0.4 is 15.3 Å². The van der Waals surface area contributed by atoms with Crippen LogP contribution in [0.2, 0.25) is 0 Å². The van der Waals surface area contributed by atoms with Crippen LogP contribution in [0.1, 0.15) is 32.1 Å². The number of hydrogen-bond acceptors (Lipinski definition) is 11. The van der Waals surface area contributed by atoms with E-state index in [9.17, 15) is 18.9 Å². The van der Waals surface area contributed by atoms with E-state index in [4.69, 9.17) is 30.7 Å². The Kier molecular flexibility index (Phi) is 9.48. The van der Waals surface area contributed by atoms with Gasteiger partial charge in [0.15, 0.2) is 22.6 Å². The fourth-order valence-corrected chi connectivity index (χ4v) is 6.29. The summed E-state index contributed by atoms with van der Waals surface area (Å²) in [6, 6.07) is 16.1. The first kappa shape index (κ1) is 32.0. The number of aliphatic hydroxyl groups excluding tert-OH is 1. The Morgan fingerprint density at radius 3 is 2.60 bits per heavy atom. The maximum absolute atomic E-state index is 14.4. The Hall–Kier alpha value is -4.38. The highest BCUT2D eigenvalue weighted by Crippen LogP contribution is 2.48. The first-order valence-corrected chi connectivity index (χ1v) is 15.6. The van der Waals surface area contributed by atoms with E-state index < -0.39 is 56.5 Å². The fourth-order valence-electron chi connectivity index (χ4n) is 4.77. The summed E-state index contributed by atoms with van der Waals surface area (Å²) in [5.74, 6) is 1.73. The number of rotatable bonds is 12. The van der Waals surface area contributed by atoms with Gasteiger partial charge in [-0.3, -0.25) is 13.9 Å². The number of terminal acetylenes is 1. The van der Waals surface area contributed by atoms with Gasteiger partial charge in [-0.05, 0) is 38.0 Å². The molecule has 0 amide bonds. The normalized spacial score (nSPS) is 21.7. The van der Waals surface area contributed by atoms with Crippen LogP contribution in [-0.2, 0) is 29.8 Å². The molecule has 3 heterocycles. The van der Waals surface area contributed by atoms with Gasteiger partial charge in [0.2, 0.25) is 0 Å². The van der Waals surface area contributed by atoms with Gasteiger partial charge in [-0.25, -0.2) is 9.55 Å². The van der Waals surface area contributed by atoms with Crippen molar-refractivity contribution in [1.29, 1.82) is 0 Å². The first-order chi connectivity index (χ1) is 21.5. The molecule has 0 radical (unpaired) electrons. The number of nitrogens with one attached hydrogen (secondary N) is 1. The lowest BCUT2D eigenvalue weighted by atomic mass is 9.99. The molecule has 1 saturated heterocycles. The van der Waals surface area contributed by atoms with Crippen LogP contribution in [0, 0.1) is 18.4 Å². The monoisotopic (exact) mass is 638 g/mol. The average molecular weight is 639 g/mol. The zero-order valence-electron chi connectivity index (χ0n) is 24.4. The smallest absolute Gasteiger partial charge is 0.459 e. The van der Waals surface area contributed by atoms with E-state index in [-0.39, 0.29) is 35.6 Å². The number of para-hydroxylation sites is 1. The summed E-state index contributed by atoms with van der Waals surface area (Å²) in [4.78, 5) is 24.5. The molecular formula is C30H32FN6O7P. The molecule has 2 aromatic carbocycles. The average Bonchev–Trinajstić information content (AvgIpc) is 3.57. The molecule has 15 heteroatoms. The van der Waals surface area contributed by atoms with Crippen LogP contribution in [-0.4, -0.2) is 61.1 Å².